The number of carbonyl (C=O) groups is 2. The predicted molar refractivity (Wildman–Crippen MR) is 120 cm³/mol. The van der Waals surface area contributed by atoms with E-state index >= 15 is 0 Å². The Kier molecular flexibility index (Phi) is 7.27. The summed E-state index contributed by atoms with van der Waals surface area (Å²) >= 11 is 0. The zero-order valence-corrected chi connectivity index (χ0v) is 18.4. The molecule has 2 saturated heterocycles. The quantitative estimate of drug-likeness (QED) is 0.665. The molecule has 0 N–H and O–H groups in total. The monoisotopic (exact) mass is 438 g/mol. The second kappa shape index (κ2) is 10.5. The van der Waals surface area contributed by atoms with Gasteiger partial charge in [-0.25, -0.2) is 0 Å². The zero-order chi connectivity index (χ0) is 22.3. The van der Waals surface area contributed by atoms with Gasteiger partial charge in [-0.15, -0.1) is 0 Å². The summed E-state index contributed by atoms with van der Waals surface area (Å²) in [5.74, 6) is 1.51. The lowest BCUT2D eigenvalue weighted by molar-refractivity contribution is -0.146. The van der Waals surface area contributed by atoms with Crippen molar-refractivity contribution in [3.05, 3.63) is 60.2 Å². The fourth-order valence-electron chi connectivity index (χ4n) is 4.27. The number of para-hydroxylation sites is 1. The Morgan fingerprint density at radius 1 is 1.00 bits per heavy atom. The maximum absolute atomic E-state index is 13.3. The summed E-state index contributed by atoms with van der Waals surface area (Å²) in [6.07, 6.45) is 1.25. The molecular formula is C25H30N2O5. The van der Waals surface area contributed by atoms with Crippen LogP contribution < -0.4 is 9.47 Å². The van der Waals surface area contributed by atoms with Gasteiger partial charge in [0, 0.05) is 25.9 Å². The minimum atomic E-state index is -0.495. The van der Waals surface area contributed by atoms with Crippen molar-refractivity contribution in [3.8, 4) is 11.5 Å². The molecule has 0 unspecified atom stereocenters. The van der Waals surface area contributed by atoms with E-state index in [0.717, 1.165) is 17.1 Å². The number of carbonyl (C=O) groups excluding carboxylic acids is 2. The van der Waals surface area contributed by atoms with Gasteiger partial charge in [0.05, 0.1) is 26.9 Å². The standard InChI is InChI=1S/C25H30N2O5/c1-30-20-10-7-19(8-11-20)9-12-24(28)27-18-22(32-21-5-3-2-4-6-21)17-23(27)25(29)26-13-15-31-16-14-26/h2-8,10-11,22-23H,9,12-18H2,1H3/t22-,23-/m0/s1. The van der Waals surface area contributed by atoms with Crippen molar-refractivity contribution >= 4 is 11.8 Å². The van der Waals surface area contributed by atoms with Crippen molar-refractivity contribution in [2.75, 3.05) is 40.0 Å². The molecule has 0 aromatic heterocycles. The van der Waals surface area contributed by atoms with Gasteiger partial charge in [-0.2, -0.15) is 0 Å². The number of likely N-dealkylation sites (tertiary alicyclic amines) is 1. The van der Waals surface area contributed by atoms with Gasteiger partial charge in [-0.1, -0.05) is 30.3 Å². The third kappa shape index (κ3) is 5.40. The van der Waals surface area contributed by atoms with E-state index in [9.17, 15) is 9.59 Å². The Labute approximate surface area is 188 Å². The van der Waals surface area contributed by atoms with E-state index < -0.39 is 6.04 Å². The number of aryl methyl sites for hydroxylation is 1. The highest BCUT2D eigenvalue weighted by molar-refractivity contribution is 5.88. The number of morpholine rings is 1. The van der Waals surface area contributed by atoms with Crippen molar-refractivity contribution in [2.45, 2.75) is 31.4 Å². The highest BCUT2D eigenvalue weighted by Crippen LogP contribution is 2.26. The third-order valence-corrected chi connectivity index (χ3v) is 6.02. The van der Waals surface area contributed by atoms with Gasteiger partial charge in [0.1, 0.15) is 23.6 Å². The van der Waals surface area contributed by atoms with E-state index in [2.05, 4.69) is 0 Å². The highest BCUT2D eigenvalue weighted by Gasteiger charge is 2.42. The van der Waals surface area contributed by atoms with E-state index in [1.807, 2.05) is 59.5 Å². The van der Waals surface area contributed by atoms with Crippen LogP contribution in [0.3, 0.4) is 0 Å². The molecule has 2 amide bonds. The van der Waals surface area contributed by atoms with Crippen LogP contribution >= 0.6 is 0 Å². The lowest BCUT2D eigenvalue weighted by Gasteiger charge is -2.32. The number of hydrogen-bond acceptors (Lipinski definition) is 5. The first-order valence-electron chi connectivity index (χ1n) is 11.1. The second-order valence-electron chi connectivity index (χ2n) is 8.14. The molecule has 2 aromatic rings. The van der Waals surface area contributed by atoms with Crippen LogP contribution in [0.1, 0.15) is 18.4 Å². The fraction of sp³-hybridized carbons (Fsp3) is 0.440. The van der Waals surface area contributed by atoms with Gasteiger partial charge in [-0.05, 0) is 36.2 Å². The lowest BCUT2D eigenvalue weighted by Crippen LogP contribution is -2.51. The largest absolute Gasteiger partial charge is 0.497 e. The van der Waals surface area contributed by atoms with E-state index in [4.69, 9.17) is 14.2 Å². The minimum absolute atomic E-state index is 0.00902. The van der Waals surface area contributed by atoms with Crippen molar-refractivity contribution in [2.24, 2.45) is 0 Å². The predicted octanol–water partition coefficient (Wildman–Crippen LogP) is 2.54. The maximum atomic E-state index is 13.3. The number of hydrogen-bond donors (Lipinski definition) is 0. The zero-order valence-electron chi connectivity index (χ0n) is 18.4. The van der Waals surface area contributed by atoms with Gasteiger partial charge in [-0.3, -0.25) is 9.59 Å². The van der Waals surface area contributed by atoms with Crippen LogP contribution in [0.4, 0.5) is 0 Å². The van der Waals surface area contributed by atoms with E-state index in [1.54, 1.807) is 12.0 Å². The molecule has 0 spiro atoms. The molecule has 2 aromatic carbocycles. The SMILES string of the molecule is COc1ccc(CCC(=O)N2C[C@@H](Oc3ccccc3)C[C@H]2C(=O)N2CCOCC2)cc1. The average Bonchev–Trinajstić information content (AvgIpc) is 3.27. The average molecular weight is 439 g/mol. The third-order valence-electron chi connectivity index (χ3n) is 6.02. The topological polar surface area (TPSA) is 68.3 Å². The molecule has 170 valence electrons. The van der Waals surface area contributed by atoms with Crippen molar-refractivity contribution in [1.29, 1.82) is 0 Å². The molecule has 2 heterocycles. The van der Waals surface area contributed by atoms with Crippen LogP contribution in [0.2, 0.25) is 0 Å². The summed E-state index contributed by atoms with van der Waals surface area (Å²) < 4.78 is 16.7. The molecule has 7 nitrogen and oxygen atoms in total. The van der Waals surface area contributed by atoms with Gasteiger partial charge >= 0.3 is 0 Å². The van der Waals surface area contributed by atoms with Crippen LogP contribution in [0.15, 0.2) is 54.6 Å². The second-order valence-corrected chi connectivity index (χ2v) is 8.14. The molecule has 2 atom stereocenters. The van der Waals surface area contributed by atoms with Crippen molar-refractivity contribution in [3.63, 3.8) is 0 Å². The Morgan fingerprint density at radius 3 is 2.41 bits per heavy atom. The van der Waals surface area contributed by atoms with Gasteiger partial charge in [0.25, 0.3) is 0 Å². The van der Waals surface area contributed by atoms with E-state index in [-0.39, 0.29) is 17.9 Å². The van der Waals surface area contributed by atoms with Crippen LogP contribution in [-0.4, -0.2) is 73.7 Å². The van der Waals surface area contributed by atoms with Crippen molar-refractivity contribution in [1.82, 2.24) is 9.80 Å². The first kappa shape index (κ1) is 22.1. The summed E-state index contributed by atoms with van der Waals surface area (Å²) in [6.45, 7) is 2.61. The van der Waals surface area contributed by atoms with Crippen LogP contribution in [0, 0.1) is 0 Å². The van der Waals surface area contributed by atoms with Gasteiger partial charge < -0.3 is 24.0 Å². The molecule has 4 rings (SSSR count). The van der Waals surface area contributed by atoms with E-state index in [1.165, 1.54) is 0 Å². The van der Waals surface area contributed by atoms with Crippen molar-refractivity contribution < 1.29 is 23.8 Å². The maximum Gasteiger partial charge on any atom is 0.245 e. The molecule has 2 fully saturated rings. The number of benzene rings is 2. The number of methoxy groups -OCH3 is 1. The molecule has 0 aliphatic carbocycles. The smallest absolute Gasteiger partial charge is 0.245 e. The number of nitrogens with zero attached hydrogens (tertiary/aromatic N) is 2. The van der Waals surface area contributed by atoms with E-state index in [0.29, 0.717) is 52.1 Å². The van der Waals surface area contributed by atoms with Crippen LogP contribution in [0.5, 0.6) is 11.5 Å². The molecule has 32 heavy (non-hydrogen) atoms. The molecule has 0 radical (unpaired) electrons. The summed E-state index contributed by atoms with van der Waals surface area (Å²) in [5.41, 5.74) is 1.06. The molecular weight excluding hydrogens is 408 g/mol. The molecule has 7 heteroatoms. The molecule has 0 saturated carbocycles. The van der Waals surface area contributed by atoms with Crippen LogP contribution in [-0.2, 0) is 20.7 Å². The summed E-state index contributed by atoms with van der Waals surface area (Å²) in [5, 5.41) is 0. The van der Waals surface area contributed by atoms with Gasteiger partial charge in [0.2, 0.25) is 11.8 Å². The Bertz CT molecular complexity index is 896. The summed E-state index contributed by atoms with van der Waals surface area (Å²) in [4.78, 5) is 30.0. The minimum Gasteiger partial charge on any atom is -0.497 e. The normalized spacial score (nSPS) is 20.8. The lowest BCUT2D eigenvalue weighted by atomic mass is 10.1. The number of amides is 2. The molecule has 2 aliphatic heterocycles. The van der Waals surface area contributed by atoms with Crippen LogP contribution in [0.25, 0.3) is 0 Å². The Hall–Kier alpha value is -3.06. The Morgan fingerprint density at radius 2 is 1.72 bits per heavy atom. The fourth-order valence-corrected chi connectivity index (χ4v) is 4.27. The summed E-state index contributed by atoms with van der Waals surface area (Å²) in [7, 11) is 1.63. The number of rotatable bonds is 7. The first-order chi connectivity index (χ1) is 15.6. The number of ether oxygens (including phenoxy) is 3. The Balaban J connectivity index is 1.43. The molecule has 0 bridgehead atoms. The van der Waals surface area contributed by atoms with Gasteiger partial charge in [0.15, 0.2) is 0 Å². The summed E-state index contributed by atoms with van der Waals surface area (Å²) in [6, 6.07) is 16.8. The molecule has 2 aliphatic rings. The first-order valence-corrected chi connectivity index (χ1v) is 11.1. The highest BCUT2D eigenvalue weighted by atomic mass is 16.5.